The van der Waals surface area contributed by atoms with Crippen molar-refractivity contribution in [1.82, 2.24) is 10.2 Å². The van der Waals surface area contributed by atoms with Gasteiger partial charge in [0.25, 0.3) is 0 Å². The zero-order valence-corrected chi connectivity index (χ0v) is 15.4. The number of halogens is 2. The van der Waals surface area contributed by atoms with Crippen LogP contribution in [0, 0.1) is 11.7 Å². The molecule has 1 aliphatic heterocycles. The first-order valence-corrected chi connectivity index (χ1v) is 8.99. The summed E-state index contributed by atoms with van der Waals surface area (Å²) in [5, 5.41) is 12.5. The van der Waals surface area contributed by atoms with Crippen LogP contribution in [-0.2, 0) is 11.3 Å². The molecule has 0 bridgehead atoms. The number of amides is 2. The van der Waals surface area contributed by atoms with E-state index in [0.29, 0.717) is 11.1 Å². The number of carboxylic acid groups (broad SMARTS) is 1. The van der Waals surface area contributed by atoms with Gasteiger partial charge in [-0.3, -0.25) is 4.79 Å². The quantitative estimate of drug-likeness (QED) is 0.776. The molecule has 0 aliphatic carbocycles. The fraction of sp³-hybridized carbons (Fsp3) is 0.263. The molecule has 0 radical (unpaired) electrons. The predicted molar refractivity (Wildman–Crippen MR) is 98.2 cm³/mol. The molecule has 2 atom stereocenters. The van der Waals surface area contributed by atoms with Crippen LogP contribution in [-0.4, -0.2) is 35.1 Å². The van der Waals surface area contributed by atoms with E-state index in [4.69, 9.17) is 0 Å². The second-order valence-electron chi connectivity index (χ2n) is 6.29. The van der Waals surface area contributed by atoms with E-state index >= 15 is 0 Å². The molecule has 1 heterocycles. The fourth-order valence-corrected chi connectivity index (χ4v) is 3.50. The van der Waals surface area contributed by atoms with Gasteiger partial charge in [-0.25, -0.2) is 9.18 Å². The molecule has 0 aromatic heterocycles. The molecule has 0 spiro atoms. The number of hydrogen-bond acceptors (Lipinski definition) is 2. The highest BCUT2D eigenvalue weighted by Crippen LogP contribution is 2.29. The van der Waals surface area contributed by atoms with E-state index in [1.54, 1.807) is 42.5 Å². The topological polar surface area (TPSA) is 69.6 Å². The molecular formula is C19H18BrFN2O3. The van der Waals surface area contributed by atoms with Crippen molar-refractivity contribution in [2.45, 2.75) is 12.5 Å². The molecule has 3 rings (SSSR count). The van der Waals surface area contributed by atoms with Crippen molar-refractivity contribution in [3.63, 3.8) is 0 Å². The van der Waals surface area contributed by atoms with Gasteiger partial charge in [-0.05, 0) is 23.8 Å². The van der Waals surface area contributed by atoms with Crippen molar-refractivity contribution in [3.05, 3.63) is 69.9 Å². The Labute approximate surface area is 158 Å². The summed E-state index contributed by atoms with van der Waals surface area (Å²) in [5.74, 6) is -2.41. The zero-order chi connectivity index (χ0) is 18.7. The number of aliphatic carboxylic acids is 1. The number of carbonyl (C=O) groups is 2. The van der Waals surface area contributed by atoms with E-state index in [1.807, 2.05) is 0 Å². The first kappa shape index (κ1) is 18.4. The molecule has 1 fully saturated rings. The fourth-order valence-electron chi connectivity index (χ4n) is 3.24. The monoisotopic (exact) mass is 420 g/mol. The third-order valence-electron chi connectivity index (χ3n) is 4.54. The average molecular weight is 421 g/mol. The number of carboxylic acids is 1. The molecule has 7 heteroatoms. The van der Waals surface area contributed by atoms with Gasteiger partial charge in [0.05, 0.1) is 12.5 Å². The Morgan fingerprint density at radius 2 is 1.96 bits per heavy atom. The Morgan fingerprint density at radius 3 is 2.62 bits per heavy atom. The lowest BCUT2D eigenvalue weighted by atomic mass is 9.84. The van der Waals surface area contributed by atoms with Crippen molar-refractivity contribution < 1.29 is 19.1 Å². The third kappa shape index (κ3) is 4.04. The van der Waals surface area contributed by atoms with Crippen LogP contribution in [0.3, 0.4) is 0 Å². The molecular weight excluding hydrogens is 403 g/mol. The van der Waals surface area contributed by atoms with E-state index in [9.17, 15) is 19.1 Å². The van der Waals surface area contributed by atoms with Crippen LogP contribution in [0.5, 0.6) is 0 Å². The maximum absolute atomic E-state index is 13.9. The van der Waals surface area contributed by atoms with E-state index < -0.39 is 11.9 Å². The normalized spacial score (nSPS) is 18.3. The minimum atomic E-state index is -0.945. The van der Waals surface area contributed by atoms with Gasteiger partial charge in [-0.1, -0.05) is 46.3 Å². The smallest absolute Gasteiger partial charge is 0.317 e. The maximum atomic E-state index is 13.9. The van der Waals surface area contributed by atoms with Gasteiger partial charge in [0.2, 0.25) is 0 Å². The van der Waals surface area contributed by atoms with Gasteiger partial charge in [-0.2, -0.15) is 0 Å². The van der Waals surface area contributed by atoms with Gasteiger partial charge in [0.15, 0.2) is 0 Å². The van der Waals surface area contributed by atoms with Crippen LogP contribution >= 0.6 is 15.9 Å². The molecule has 1 saturated heterocycles. The van der Waals surface area contributed by atoms with Crippen molar-refractivity contribution >= 4 is 27.9 Å². The van der Waals surface area contributed by atoms with Crippen LogP contribution in [0.2, 0.25) is 0 Å². The number of urea groups is 1. The average Bonchev–Trinajstić information content (AvgIpc) is 2.61. The second-order valence-corrected chi connectivity index (χ2v) is 7.20. The summed E-state index contributed by atoms with van der Waals surface area (Å²) in [5.41, 5.74) is 1.08. The molecule has 2 unspecified atom stereocenters. The first-order valence-electron chi connectivity index (χ1n) is 8.20. The largest absolute Gasteiger partial charge is 0.481 e. The van der Waals surface area contributed by atoms with Gasteiger partial charge < -0.3 is 15.3 Å². The van der Waals surface area contributed by atoms with Crippen LogP contribution in [0.1, 0.15) is 17.0 Å². The van der Waals surface area contributed by atoms with Crippen LogP contribution in [0.15, 0.2) is 53.0 Å². The van der Waals surface area contributed by atoms with Gasteiger partial charge in [0, 0.05) is 29.0 Å². The summed E-state index contributed by atoms with van der Waals surface area (Å²) in [4.78, 5) is 25.5. The summed E-state index contributed by atoms with van der Waals surface area (Å²) in [6.07, 6.45) is 0. The van der Waals surface area contributed by atoms with Crippen LogP contribution in [0.4, 0.5) is 9.18 Å². The highest BCUT2D eigenvalue weighted by Gasteiger charge is 2.36. The Kier molecular flexibility index (Phi) is 5.56. The minimum absolute atomic E-state index is 0.0989. The van der Waals surface area contributed by atoms with E-state index in [0.717, 1.165) is 4.47 Å². The first-order chi connectivity index (χ1) is 12.5. The molecule has 26 heavy (non-hydrogen) atoms. The number of nitrogens with one attached hydrogen (secondary N) is 1. The number of rotatable bonds is 5. The minimum Gasteiger partial charge on any atom is -0.481 e. The van der Waals surface area contributed by atoms with Crippen molar-refractivity contribution in [2.24, 2.45) is 5.92 Å². The molecule has 0 saturated carbocycles. The molecule has 2 amide bonds. The Morgan fingerprint density at radius 1 is 1.27 bits per heavy atom. The lowest BCUT2D eigenvalue weighted by Crippen LogP contribution is -2.52. The molecule has 2 aromatic rings. The van der Waals surface area contributed by atoms with Gasteiger partial charge >= 0.3 is 12.0 Å². The highest BCUT2D eigenvalue weighted by atomic mass is 79.9. The van der Waals surface area contributed by atoms with Gasteiger partial charge in [0.1, 0.15) is 5.82 Å². The van der Waals surface area contributed by atoms with E-state index in [2.05, 4.69) is 21.2 Å². The molecule has 2 N–H and O–H groups in total. The number of carbonyl (C=O) groups excluding carboxylic acids is 1. The summed E-state index contributed by atoms with van der Waals surface area (Å²) >= 11 is 3.34. The molecule has 1 aliphatic rings. The van der Waals surface area contributed by atoms with Crippen molar-refractivity contribution in [3.8, 4) is 0 Å². The standard InChI is InChI=1S/C19H18BrFN2O3/c20-15-7-5-12(6-8-15)17(18(24)25)14-9-22-19(26)23(11-14)10-13-3-1-2-4-16(13)21/h1-8,14,17H,9-11H2,(H,22,26)(H,24,25). The van der Waals surface area contributed by atoms with E-state index in [1.165, 1.54) is 11.0 Å². The summed E-state index contributed by atoms with van der Waals surface area (Å²) < 4.78 is 14.8. The van der Waals surface area contributed by atoms with Crippen LogP contribution in [0.25, 0.3) is 0 Å². The molecule has 5 nitrogen and oxygen atoms in total. The summed E-state index contributed by atoms with van der Waals surface area (Å²) in [7, 11) is 0. The third-order valence-corrected chi connectivity index (χ3v) is 5.07. The lowest BCUT2D eigenvalue weighted by Gasteiger charge is -2.36. The van der Waals surface area contributed by atoms with Gasteiger partial charge in [-0.15, -0.1) is 0 Å². The van der Waals surface area contributed by atoms with Crippen molar-refractivity contribution in [1.29, 1.82) is 0 Å². The SMILES string of the molecule is O=C(O)C(c1ccc(Br)cc1)C1CNC(=O)N(Cc2ccccc2F)C1. The lowest BCUT2D eigenvalue weighted by molar-refractivity contribution is -0.140. The summed E-state index contributed by atoms with van der Waals surface area (Å²) in [6.45, 7) is 0.606. The number of nitrogens with zero attached hydrogens (tertiary/aromatic N) is 1. The van der Waals surface area contributed by atoms with Crippen molar-refractivity contribution in [2.75, 3.05) is 13.1 Å². The maximum Gasteiger partial charge on any atom is 0.317 e. The Bertz CT molecular complexity index is 813. The van der Waals surface area contributed by atoms with E-state index in [-0.39, 0.29) is 37.4 Å². The number of benzene rings is 2. The molecule has 2 aromatic carbocycles. The zero-order valence-electron chi connectivity index (χ0n) is 13.9. The summed E-state index contributed by atoms with van der Waals surface area (Å²) in [6, 6.07) is 13.1. The number of hydrogen-bond donors (Lipinski definition) is 2. The van der Waals surface area contributed by atoms with Crippen LogP contribution < -0.4 is 5.32 Å². The Hall–Kier alpha value is -2.41. The molecule has 136 valence electrons. The highest BCUT2D eigenvalue weighted by molar-refractivity contribution is 9.10. The Balaban J connectivity index is 1.81. The predicted octanol–water partition coefficient (Wildman–Crippen LogP) is 3.60. The second kappa shape index (κ2) is 7.86.